The van der Waals surface area contributed by atoms with E-state index in [-0.39, 0.29) is 9.88 Å². The highest BCUT2D eigenvalue weighted by molar-refractivity contribution is 7.99. The van der Waals surface area contributed by atoms with Gasteiger partial charge in [-0.05, 0) is 18.2 Å². The quantitative estimate of drug-likeness (QED) is 0.671. The molecule has 0 amide bonds. The molecule has 6 nitrogen and oxygen atoms in total. The Morgan fingerprint density at radius 1 is 1.40 bits per heavy atom. The molecule has 1 heterocycles. The van der Waals surface area contributed by atoms with Crippen LogP contribution in [0.4, 0.5) is 5.00 Å². The molecule has 104 valence electrons. The number of para-hydroxylation sites is 1. The van der Waals surface area contributed by atoms with Crippen molar-refractivity contribution in [2.24, 2.45) is 0 Å². The molecule has 1 N–H and O–H groups in total. The van der Waals surface area contributed by atoms with Crippen LogP contribution in [0.15, 0.2) is 40.1 Å². The zero-order valence-electron chi connectivity index (χ0n) is 10.2. The summed E-state index contributed by atoms with van der Waals surface area (Å²) >= 11 is 1.76. The van der Waals surface area contributed by atoms with E-state index in [1.165, 1.54) is 13.2 Å². The minimum atomic E-state index is -1.18. The van der Waals surface area contributed by atoms with Gasteiger partial charge in [-0.3, -0.25) is 10.1 Å². The second-order valence-corrected chi connectivity index (χ2v) is 5.71. The highest BCUT2D eigenvalue weighted by atomic mass is 32.2. The molecule has 0 aliphatic carbocycles. The molecule has 1 aromatic heterocycles. The molecule has 0 fully saturated rings. The predicted molar refractivity (Wildman–Crippen MR) is 75.0 cm³/mol. The van der Waals surface area contributed by atoms with E-state index >= 15 is 0 Å². The fourth-order valence-electron chi connectivity index (χ4n) is 1.49. The number of rotatable bonds is 5. The zero-order valence-corrected chi connectivity index (χ0v) is 11.9. The van der Waals surface area contributed by atoms with Crippen molar-refractivity contribution < 1.29 is 19.6 Å². The smallest absolute Gasteiger partial charge is 0.346 e. The lowest BCUT2D eigenvalue weighted by Gasteiger charge is -2.05. The average molecular weight is 311 g/mol. The van der Waals surface area contributed by atoms with E-state index in [0.717, 1.165) is 11.8 Å². The van der Waals surface area contributed by atoms with E-state index in [4.69, 9.17) is 9.84 Å². The summed E-state index contributed by atoms with van der Waals surface area (Å²) in [4.78, 5) is 22.2. The average Bonchev–Trinajstić information content (AvgIpc) is 2.84. The first-order valence-corrected chi connectivity index (χ1v) is 6.98. The summed E-state index contributed by atoms with van der Waals surface area (Å²) in [6.07, 6.45) is 0. The second-order valence-electron chi connectivity index (χ2n) is 3.60. The van der Waals surface area contributed by atoms with Crippen molar-refractivity contribution >= 4 is 34.1 Å². The Labute approximate surface area is 122 Å². The molecule has 1 aromatic carbocycles. The molecule has 0 aliphatic heterocycles. The minimum absolute atomic E-state index is 0.0610. The number of carboxylic acids is 1. The molecule has 2 aromatic rings. The van der Waals surface area contributed by atoms with Crippen LogP contribution < -0.4 is 4.74 Å². The van der Waals surface area contributed by atoms with Crippen LogP contribution in [0.5, 0.6) is 5.75 Å². The molecule has 0 spiro atoms. The van der Waals surface area contributed by atoms with Gasteiger partial charge in [0.15, 0.2) is 0 Å². The lowest BCUT2D eigenvalue weighted by molar-refractivity contribution is -0.382. The molecule has 8 heteroatoms. The van der Waals surface area contributed by atoms with Crippen LogP contribution in [0.3, 0.4) is 0 Å². The van der Waals surface area contributed by atoms with Gasteiger partial charge in [0.1, 0.15) is 15.5 Å². The molecular weight excluding hydrogens is 302 g/mol. The lowest BCUT2D eigenvalue weighted by Crippen LogP contribution is -1.89. The number of carboxylic acid groups (broad SMARTS) is 1. The molecule has 0 saturated carbocycles. The predicted octanol–water partition coefficient (Wildman–Crippen LogP) is 3.51. The largest absolute Gasteiger partial charge is 0.496 e. The summed E-state index contributed by atoms with van der Waals surface area (Å²) < 4.78 is 5.17. The molecule has 0 radical (unpaired) electrons. The standard InChI is InChI=1S/C12H9NO5S2/c1-18-7-4-2-3-5-8(7)19-9-6-10(12(14)15)20-11(9)13(16)17/h2-6H,1H3,(H,14,15). The van der Waals surface area contributed by atoms with Gasteiger partial charge in [0.2, 0.25) is 0 Å². The van der Waals surface area contributed by atoms with Gasteiger partial charge in [-0.15, -0.1) is 0 Å². The Morgan fingerprint density at radius 3 is 2.70 bits per heavy atom. The number of ether oxygens (including phenoxy) is 1. The molecular formula is C12H9NO5S2. The maximum atomic E-state index is 11.0. The van der Waals surface area contributed by atoms with Crippen molar-refractivity contribution in [1.29, 1.82) is 0 Å². The summed E-state index contributed by atoms with van der Waals surface area (Å²) in [5.74, 6) is -0.597. The summed E-state index contributed by atoms with van der Waals surface area (Å²) in [5, 5.41) is 19.7. The van der Waals surface area contributed by atoms with Crippen molar-refractivity contribution in [2.45, 2.75) is 9.79 Å². The Hall–Kier alpha value is -2.06. The van der Waals surface area contributed by atoms with Gasteiger partial charge < -0.3 is 9.84 Å². The van der Waals surface area contributed by atoms with E-state index < -0.39 is 10.9 Å². The summed E-state index contributed by atoms with van der Waals surface area (Å²) in [5.41, 5.74) is 0. The van der Waals surface area contributed by atoms with Gasteiger partial charge in [-0.1, -0.05) is 35.2 Å². The number of hydrogen-bond acceptors (Lipinski definition) is 6. The number of aromatic carboxylic acids is 1. The van der Waals surface area contributed by atoms with Crippen LogP contribution in [0, 0.1) is 10.1 Å². The minimum Gasteiger partial charge on any atom is -0.496 e. The van der Waals surface area contributed by atoms with Crippen LogP contribution in [-0.2, 0) is 0 Å². The normalized spacial score (nSPS) is 10.2. The van der Waals surface area contributed by atoms with E-state index in [2.05, 4.69) is 0 Å². The van der Waals surface area contributed by atoms with Gasteiger partial charge >= 0.3 is 11.0 Å². The molecule has 0 unspecified atom stereocenters. The van der Waals surface area contributed by atoms with Gasteiger partial charge in [0.25, 0.3) is 0 Å². The molecule has 20 heavy (non-hydrogen) atoms. The monoisotopic (exact) mass is 311 g/mol. The van der Waals surface area contributed by atoms with Crippen LogP contribution in [-0.4, -0.2) is 23.1 Å². The SMILES string of the molecule is COc1ccccc1Sc1cc(C(=O)O)sc1[N+](=O)[O-]. The third-order valence-electron chi connectivity index (χ3n) is 2.35. The van der Waals surface area contributed by atoms with Gasteiger partial charge in [0.05, 0.1) is 16.9 Å². The van der Waals surface area contributed by atoms with E-state index in [1.807, 2.05) is 0 Å². The molecule has 2 rings (SSSR count). The zero-order chi connectivity index (χ0) is 14.7. The van der Waals surface area contributed by atoms with Crippen LogP contribution in [0.25, 0.3) is 0 Å². The van der Waals surface area contributed by atoms with E-state index in [9.17, 15) is 14.9 Å². The summed E-state index contributed by atoms with van der Waals surface area (Å²) in [7, 11) is 1.50. The molecule has 0 saturated heterocycles. The van der Waals surface area contributed by atoms with Crippen LogP contribution in [0.1, 0.15) is 9.67 Å². The summed E-state index contributed by atoms with van der Waals surface area (Å²) in [6.45, 7) is 0. The van der Waals surface area contributed by atoms with Gasteiger partial charge in [-0.25, -0.2) is 4.79 Å². The topological polar surface area (TPSA) is 89.7 Å². The number of hydrogen-bond donors (Lipinski definition) is 1. The Morgan fingerprint density at radius 2 is 2.10 bits per heavy atom. The number of carbonyl (C=O) groups is 1. The van der Waals surface area contributed by atoms with Crippen LogP contribution >= 0.6 is 23.1 Å². The second kappa shape index (κ2) is 5.93. The first kappa shape index (κ1) is 14.4. The Kier molecular flexibility index (Phi) is 4.26. The third-order valence-corrected chi connectivity index (χ3v) is 4.64. The molecule has 0 bridgehead atoms. The fourth-order valence-corrected chi connectivity index (χ4v) is 3.50. The number of thiophene rings is 1. The van der Waals surface area contributed by atoms with Crippen molar-refractivity contribution in [3.05, 3.63) is 45.3 Å². The first-order chi connectivity index (χ1) is 9.52. The summed E-state index contributed by atoms with van der Waals surface area (Å²) in [6, 6.07) is 8.36. The first-order valence-electron chi connectivity index (χ1n) is 5.35. The van der Waals surface area contributed by atoms with Gasteiger partial charge in [0, 0.05) is 0 Å². The third kappa shape index (κ3) is 2.91. The highest BCUT2D eigenvalue weighted by Gasteiger charge is 2.23. The van der Waals surface area contributed by atoms with Crippen molar-refractivity contribution in [2.75, 3.05) is 7.11 Å². The highest BCUT2D eigenvalue weighted by Crippen LogP contribution is 2.43. The van der Waals surface area contributed by atoms with Crippen LogP contribution in [0.2, 0.25) is 0 Å². The van der Waals surface area contributed by atoms with Crippen molar-refractivity contribution in [3.63, 3.8) is 0 Å². The fraction of sp³-hybridized carbons (Fsp3) is 0.0833. The number of nitro groups is 1. The maximum absolute atomic E-state index is 11.0. The number of methoxy groups -OCH3 is 1. The van der Waals surface area contributed by atoms with E-state index in [1.54, 1.807) is 24.3 Å². The number of nitrogens with zero attached hydrogens (tertiary/aromatic N) is 1. The molecule has 0 aliphatic rings. The lowest BCUT2D eigenvalue weighted by atomic mass is 10.3. The van der Waals surface area contributed by atoms with E-state index in [0.29, 0.717) is 26.9 Å². The number of benzene rings is 1. The molecule has 0 atom stereocenters. The Bertz CT molecular complexity index is 668. The Balaban J connectivity index is 2.42. The van der Waals surface area contributed by atoms with Gasteiger partial charge in [-0.2, -0.15) is 0 Å². The van der Waals surface area contributed by atoms with Crippen molar-refractivity contribution in [1.82, 2.24) is 0 Å². The maximum Gasteiger partial charge on any atom is 0.346 e. The van der Waals surface area contributed by atoms with Crippen molar-refractivity contribution in [3.8, 4) is 5.75 Å².